The molecule has 18 heavy (non-hydrogen) atoms. The van der Waals surface area contributed by atoms with Crippen molar-refractivity contribution in [1.82, 2.24) is 5.32 Å². The Balaban J connectivity index is 1.95. The quantitative estimate of drug-likeness (QED) is 0.858. The van der Waals surface area contributed by atoms with Gasteiger partial charge in [0.1, 0.15) is 5.76 Å². The summed E-state index contributed by atoms with van der Waals surface area (Å²) in [6.45, 7) is 7.57. The maximum absolute atomic E-state index is 5.56. The van der Waals surface area contributed by atoms with Crippen LogP contribution in [0.3, 0.4) is 0 Å². The van der Waals surface area contributed by atoms with Crippen LogP contribution in [0, 0.1) is 0 Å². The van der Waals surface area contributed by atoms with E-state index < -0.39 is 0 Å². The van der Waals surface area contributed by atoms with Crippen molar-refractivity contribution < 1.29 is 4.42 Å². The van der Waals surface area contributed by atoms with Gasteiger partial charge in [-0.05, 0) is 46.4 Å². The second-order valence-electron chi connectivity index (χ2n) is 5.11. The van der Waals surface area contributed by atoms with Crippen LogP contribution < -0.4 is 5.32 Å². The average Bonchev–Trinajstić information content (AvgIpc) is 2.96. The summed E-state index contributed by atoms with van der Waals surface area (Å²) in [5.74, 6) is 0.962. The van der Waals surface area contributed by atoms with Gasteiger partial charge in [0.2, 0.25) is 0 Å². The Morgan fingerprint density at radius 2 is 2.17 bits per heavy atom. The molecule has 1 unspecified atom stereocenters. The number of nitrogens with one attached hydrogen (secondary N) is 1. The molecule has 4 heteroatoms. The van der Waals surface area contributed by atoms with E-state index in [1.54, 1.807) is 0 Å². The van der Waals surface area contributed by atoms with Crippen LogP contribution in [0.1, 0.15) is 37.5 Å². The maximum Gasteiger partial charge on any atom is 0.169 e. The Bertz CT molecular complexity index is 490. The van der Waals surface area contributed by atoms with E-state index in [9.17, 15) is 0 Å². The molecule has 0 radical (unpaired) electrons. The van der Waals surface area contributed by atoms with Crippen LogP contribution in [-0.4, -0.2) is 6.54 Å². The Labute approximate surface area is 121 Å². The predicted octanol–water partition coefficient (Wildman–Crippen LogP) is 4.73. The normalized spacial score (nSPS) is 13.8. The molecule has 0 spiro atoms. The Hall–Kier alpha value is -0.580. The molecule has 2 heterocycles. The summed E-state index contributed by atoms with van der Waals surface area (Å²) in [6.07, 6.45) is 0. The summed E-state index contributed by atoms with van der Waals surface area (Å²) in [5.41, 5.74) is 0.145. The third kappa shape index (κ3) is 3.25. The zero-order chi connectivity index (χ0) is 13.2. The zero-order valence-corrected chi connectivity index (χ0v) is 13.3. The zero-order valence-electron chi connectivity index (χ0n) is 10.9. The van der Waals surface area contributed by atoms with Crippen LogP contribution >= 0.6 is 27.3 Å². The molecular weight excluding hydrogens is 310 g/mol. The van der Waals surface area contributed by atoms with Crippen LogP contribution in [0.5, 0.6) is 0 Å². The summed E-state index contributed by atoms with van der Waals surface area (Å²) in [4.78, 5) is 1.41. The highest BCUT2D eigenvalue weighted by molar-refractivity contribution is 9.10. The van der Waals surface area contributed by atoms with E-state index in [4.69, 9.17) is 4.42 Å². The summed E-state index contributed by atoms with van der Waals surface area (Å²) >= 11 is 5.14. The molecule has 2 aromatic heterocycles. The summed E-state index contributed by atoms with van der Waals surface area (Å²) in [5, 5.41) is 5.66. The number of thiophene rings is 1. The first-order chi connectivity index (χ1) is 8.49. The lowest BCUT2D eigenvalue weighted by Gasteiger charge is -2.25. The van der Waals surface area contributed by atoms with E-state index in [1.165, 1.54) is 4.88 Å². The van der Waals surface area contributed by atoms with E-state index in [0.29, 0.717) is 0 Å². The molecule has 0 bridgehead atoms. The Morgan fingerprint density at radius 3 is 2.72 bits per heavy atom. The second-order valence-corrected chi connectivity index (χ2v) is 6.83. The lowest BCUT2D eigenvalue weighted by Crippen LogP contribution is -2.33. The molecule has 0 fully saturated rings. The van der Waals surface area contributed by atoms with Gasteiger partial charge >= 0.3 is 0 Å². The second kappa shape index (κ2) is 5.59. The fourth-order valence-corrected chi connectivity index (χ4v) is 2.99. The molecule has 2 aromatic rings. The largest absolute Gasteiger partial charge is 0.453 e. The highest BCUT2D eigenvalue weighted by Gasteiger charge is 2.22. The van der Waals surface area contributed by atoms with Crippen LogP contribution in [0.2, 0.25) is 0 Å². The number of rotatable bonds is 5. The van der Waals surface area contributed by atoms with Crippen molar-refractivity contribution in [1.29, 1.82) is 0 Å². The molecule has 98 valence electrons. The van der Waals surface area contributed by atoms with Gasteiger partial charge in [-0.1, -0.05) is 19.9 Å². The van der Waals surface area contributed by atoms with E-state index in [1.807, 2.05) is 23.5 Å². The third-order valence-electron chi connectivity index (χ3n) is 3.06. The highest BCUT2D eigenvalue weighted by Crippen LogP contribution is 2.28. The van der Waals surface area contributed by atoms with Crippen molar-refractivity contribution in [3.8, 4) is 0 Å². The van der Waals surface area contributed by atoms with E-state index in [-0.39, 0.29) is 11.5 Å². The van der Waals surface area contributed by atoms with Crippen molar-refractivity contribution >= 4 is 27.3 Å². The molecule has 0 saturated heterocycles. The van der Waals surface area contributed by atoms with Gasteiger partial charge in [0.25, 0.3) is 0 Å². The molecule has 0 aliphatic carbocycles. The molecule has 0 amide bonds. The van der Waals surface area contributed by atoms with Crippen molar-refractivity contribution in [2.24, 2.45) is 0 Å². The number of halogens is 1. The lowest BCUT2D eigenvalue weighted by atomic mass is 9.91. The van der Waals surface area contributed by atoms with Gasteiger partial charge in [-0.3, -0.25) is 0 Å². The van der Waals surface area contributed by atoms with E-state index in [2.05, 4.69) is 59.5 Å². The molecular formula is C14H18BrNOS. The molecule has 2 nitrogen and oxygen atoms in total. The van der Waals surface area contributed by atoms with Gasteiger partial charge in [-0.2, -0.15) is 0 Å². The maximum atomic E-state index is 5.56. The van der Waals surface area contributed by atoms with Crippen LogP contribution in [0.4, 0.5) is 0 Å². The fraction of sp³-hybridized carbons (Fsp3) is 0.429. The van der Waals surface area contributed by atoms with E-state index in [0.717, 1.165) is 17.0 Å². The number of hydrogen-bond donors (Lipinski definition) is 1. The minimum atomic E-state index is 0.145. The monoisotopic (exact) mass is 327 g/mol. The number of furan rings is 1. The van der Waals surface area contributed by atoms with Crippen molar-refractivity contribution in [2.45, 2.75) is 32.2 Å². The van der Waals surface area contributed by atoms with Crippen LogP contribution in [0.15, 0.2) is 38.7 Å². The summed E-state index contributed by atoms with van der Waals surface area (Å²) < 4.78 is 6.34. The van der Waals surface area contributed by atoms with Gasteiger partial charge in [-0.15, -0.1) is 11.3 Å². The minimum absolute atomic E-state index is 0.145. The third-order valence-corrected chi connectivity index (χ3v) is 4.72. The Kier molecular flexibility index (Phi) is 4.30. The highest BCUT2D eigenvalue weighted by atomic mass is 79.9. The van der Waals surface area contributed by atoms with Gasteiger partial charge < -0.3 is 9.73 Å². The minimum Gasteiger partial charge on any atom is -0.453 e. The summed E-state index contributed by atoms with van der Waals surface area (Å²) in [7, 11) is 0. The molecule has 0 aliphatic rings. The topological polar surface area (TPSA) is 25.2 Å². The van der Waals surface area contributed by atoms with Gasteiger partial charge in [0.05, 0.1) is 6.04 Å². The smallest absolute Gasteiger partial charge is 0.169 e. The first-order valence-corrected chi connectivity index (χ1v) is 7.69. The molecule has 2 rings (SSSR count). The van der Waals surface area contributed by atoms with Gasteiger partial charge in [-0.25, -0.2) is 0 Å². The molecule has 0 saturated carbocycles. The fourth-order valence-electron chi connectivity index (χ4n) is 1.82. The van der Waals surface area contributed by atoms with Crippen LogP contribution in [0.25, 0.3) is 0 Å². The van der Waals surface area contributed by atoms with Crippen molar-refractivity contribution in [3.05, 3.63) is 45.0 Å². The van der Waals surface area contributed by atoms with E-state index >= 15 is 0 Å². The summed E-state index contributed by atoms with van der Waals surface area (Å²) in [6, 6.07) is 8.45. The van der Waals surface area contributed by atoms with Crippen LogP contribution in [-0.2, 0) is 5.41 Å². The molecule has 0 aliphatic heterocycles. The first kappa shape index (κ1) is 13.8. The lowest BCUT2D eigenvalue weighted by molar-refractivity contribution is 0.383. The van der Waals surface area contributed by atoms with Gasteiger partial charge in [0, 0.05) is 16.8 Å². The van der Waals surface area contributed by atoms with Crippen molar-refractivity contribution in [2.75, 3.05) is 6.54 Å². The number of hydrogen-bond acceptors (Lipinski definition) is 3. The molecule has 1 N–H and O–H groups in total. The van der Waals surface area contributed by atoms with Crippen molar-refractivity contribution in [3.63, 3.8) is 0 Å². The van der Waals surface area contributed by atoms with Gasteiger partial charge in [0.15, 0.2) is 4.67 Å². The first-order valence-electron chi connectivity index (χ1n) is 6.01. The standard InChI is InChI=1S/C14H18BrNOS/c1-10(11-6-7-13(15)17-11)16-9-14(2,3)12-5-4-8-18-12/h4-8,10,16H,9H2,1-3H3. The SMILES string of the molecule is CC(NCC(C)(C)c1cccs1)c1ccc(Br)o1. The predicted molar refractivity (Wildman–Crippen MR) is 80.2 cm³/mol. The molecule has 0 aromatic carbocycles. The Morgan fingerprint density at radius 1 is 1.39 bits per heavy atom. The average molecular weight is 328 g/mol. The molecule has 1 atom stereocenters.